The predicted octanol–water partition coefficient (Wildman–Crippen LogP) is 3.75. The SMILES string of the molecule is Cc1oc(-c2ccccc2)nc1CC(=O)N[C@H](c1nnc2ccccn12)C(C)C. The minimum Gasteiger partial charge on any atom is -0.441 e. The molecule has 0 aliphatic rings. The van der Waals surface area contributed by atoms with E-state index in [0.29, 0.717) is 23.2 Å². The molecule has 29 heavy (non-hydrogen) atoms. The molecule has 1 aromatic carbocycles. The second-order valence-corrected chi connectivity index (χ2v) is 7.34. The Balaban J connectivity index is 1.53. The quantitative estimate of drug-likeness (QED) is 0.543. The van der Waals surface area contributed by atoms with Crippen LogP contribution in [0.2, 0.25) is 0 Å². The van der Waals surface area contributed by atoms with Gasteiger partial charge in [-0.15, -0.1) is 10.2 Å². The summed E-state index contributed by atoms with van der Waals surface area (Å²) in [5, 5.41) is 11.6. The molecule has 0 saturated carbocycles. The van der Waals surface area contributed by atoms with Gasteiger partial charge in [-0.3, -0.25) is 9.20 Å². The molecule has 1 atom stereocenters. The van der Waals surface area contributed by atoms with Crippen molar-refractivity contribution in [3.8, 4) is 11.5 Å². The first-order valence-electron chi connectivity index (χ1n) is 9.63. The zero-order valence-electron chi connectivity index (χ0n) is 16.7. The molecule has 7 heteroatoms. The number of aryl methyl sites for hydroxylation is 1. The van der Waals surface area contributed by atoms with Crippen molar-refractivity contribution in [2.24, 2.45) is 5.92 Å². The van der Waals surface area contributed by atoms with Crippen molar-refractivity contribution in [2.45, 2.75) is 33.2 Å². The zero-order chi connectivity index (χ0) is 20.4. The van der Waals surface area contributed by atoms with E-state index < -0.39 is 0 Å². The average molecular weight is 389 g/mol. The normalized spacial score (nSPS) is 12.4. The van der Waals surface area contributed by atoms with E-state index in [1.165, 1.54) is 0 Å². The van der Waals surface area contributed by atoms with Crippen molar-refractivity contribution in [2.75, 3.05) is 0 Å². The smallest absolute Gasteiger partial charge is 0.226 e. The van der Waals surface area contributed by atoms with Crippen molar-refractivity contribution in [1.82, 2.24) is 24.9 Å². The van der Waals surface area contributed by atoms with Crippen molar-refractivity contribution in [3.63, 3.8) is 0 Å². The summed E-state index contributed by atoms with van der Waals surface area (Å²) in [7, 11) is 0. The van der Waals surface area contributed by atoms with Crippen LogP contribution in [-0.2, 0) is 11.2 Å². The lowest BCUT2D eigenvalue weighted by Crippen LogP contribution is -2.34. The van der Waals surface area contributed by atoms with Gasteiger partial charge in [-0.2, -0.15) is 0 Å². The third-order valence-electron chi connectivity index (χ3n) is 4.84. The molecular formula is C22H23N5O2. The van der Waals surface area contributed by atoms with Gasteiger partial charge in [0.05, 0.1) is 18.2 Å². The number of pyridine rings is 1. The van der Waals surface area contributed by atoms with E-state index in [-0.39, 0.29) is 24.3 Å². The molecule has 0 fully saturated rings. The van der Waals surface area contributed by atoms with Crippen LogP contribution in [0.15, 0.2) is 59.1 Å². The number of hydrogen-bond acceptors (Lipinski definition) is 5. The number of nitrogens with zero attached hydrogens (tertiary/aromatic N) is 4. The molecule has 3 heterocycles. The lowest BCUT2D eigenvalue weighted by molar-refractivity contribution is -0.121. The summed E-state index contributed by atoms with van der Waals surface area (Å²) in [6, 6.07) is 15.1. The van der Waals surface area contributed by atoms with Gasteiger partial charge in [0.1, 0.15) is 5.76 Å². The Bertz CT molecular complexity index is 1130. The monoisotopic (exact) mass is 389 g/mol. The van der Waals surface area contributed by atoms with Gasteiger partial charge in [-0.1, -0.05) is 38.1 Å². The van der Waals surface area contributed by atoms with Crippen molar-refractivity contribution in [1.29, 1.82) is 0 Å². The number of aromatic nitrogens is 4. The minimum absolute atomic E-state index is 0.132. The number of nitrogens with one attached hydrogen (secondary N) is 1. The van der Waals surface area contributed by atoms with Crippen molar-refractivity contribution in [3.05, 3.63) is 72.0 Å². The number of fused-ring (bicyclic) bond motifs is 1. The Morgan fingerprint density at radius 3 is 2.62 bits per heavy atom. The highest BCUT2D eigenvalue weighted by atomic mass is 16.4. The molecule has 4 aromatic rings. The van der Waals surface area contributed by atoms with E-state index in [4.69, 9.17) is 4.42 Å². The molecule has 0 radical (unpaired) electrons. The molecule has 0 unspecified atom stereocenters. The van der Waals surface area contributed by atoms with Gasteiger partial charge in [-0.25, -0.2) is 4.98 Å². The standard InChI is InChI=1S/C22H23N5O2/c1-14(2)20(21-26-25-18-11-7-8-12-27(18)21)24-19(28)13-17-15(3)29-22(23-17)16-9-5-4-6-10-16/h4-12,14,20H,13H2,1-3H3,(H,24,28)/t20-/m0/s1. The largest absolute Gasteiger partial charge is 0.441 e. The number of carbonyl (C=O) groups excluding carboxylic acids is 1. The van der Waals surface area contributed by atoms with Crippen LogP contribution in [0.5, 0.6) is 0 Å². The van der Waals surface area contributed by atoms with Crippen LogP contribution in [0.1, 0.15) is 37.2 Å². The number of oxazole rings is 1. The number of hydrogen-bond donors (Lipinski definition) is 1. The number of rotatable bonds is 6. The summed E-state index contributed by atoms with van der Waals surface area (Å²) >= 11 is 0. The molecule has 0 aliphatic heterocycles. The highest BCUT2D eigenvalue weighted by Crippen LogP contribution is 2.23. The lowest BCUT2D eigenvalue weighted by atomic mass is 10.0. The van der Waals surface area contributed by atoms with Gasteiger partial charge in [0.15, 0.2) is 11.5 Å². The maximum absolute atomic E-state index is 12.8. The molecular weight excluding hydrogens is 366 g/mol. The fraction of sp³-hybridized carbons (Fsp3) is 0.273. The molecule has 3 aromatic heterocycles. The van der Waals surface area contributed by atoms with E-state index in [2.05, 4.69) is 20.5 Å². The maximum Gasteiger partial charge on any atom is 0.226 e. The Labute approximate surface area is 168 Å². The van der Waals surface area contributed by atoms with E-state index in [9.17, 15) is 4.79 Å². The summed E-state index contributed by atoms with van der Waals surface area (Å²) in [5.74, 6) is 1.89. The fourth-order valence-corrected chi connectivity index (χ4v) is 3.27. The van der Waals surface area contributed by atoms with Crippen LogP contribution in [0.3, 0.4) is 0 Å². The molecule has 7 nitrogen and oxygen atoms in total. The molecule has 148 valence electrons. The number of benzene rings is 1. The highest BCUT2D eigenvalue weighted by Gasteiger charge is 2.24. The van der Waals surface area contributed by atoms with Gasteiger partial charge in [-0.05, 0) is 37.1 Å². The molecule has 0 bridgehead atoms. The minimum atomic E-state index is -0.263. The third-order valence-corrected chi connectivity index (χ3v) is 4.84. The lowest BCUT2D eigenvalue weighted by Gasteiger charge is -2.20. The predicted molar refractivity (Wildman–Crippen MR) is 109 cm³/mol. The van der Waals surface area contributed by atoms with Crippen molar-refractivity contribution >= 4 is 11.6 Å². The van der Waals surface area contributed by atoms with E-state index in [0.717, 1.165) is 11.2 Å². The maximum atomic E-state index is 12.8. The summed E-state index contributed by atoms with van der Waals surface area (Å²) < 4.78 is 7.67. The van der Waals surface area contributed by atoms with Crippen LogP contribution in [0.25, 0.3) is 17.1 Å². The first-order valence-corrected chi connectivity index (χ1v) is 9.63. The molecule has 0 saturated heterocycles. The van der Waals surface area contributed by atoms with Crippen molar-refractivity contribution < 1.29 is 9.21 Å². The topological polar surface area (TPSA) is 85.3 Å². The van der Waals surface area contributed by atoms with Crippen LogP contribution in [0.4, 0.5) is 0 Å². The van der Waals surface area contributed by atoms with Gasteiger partial charge >= 0.3 is 0 Å². The third kappa shape index (κ3) is 3.89. The molecule has 0 aliphatic carbocycles. The first-order chi connectivity index (χ1) is 14.0. The first kappa shape index (κ1) is 18.9. The molecule has 0 spiro atoms. The van der Waals surface area contributed by atoms with Gasteiger partial charge in [0, 0.05) is 11.8 Å². The molecule has 4 rings (SSSR count). The summed E-state index contributed by atoms with van der Waals surface area (Å²) in [6.07, 6.45) is 2.04. The second kappa shape index (κ2) is 7.87. The molecule has 1 N–H and O–H groups in total. The van der Waals surface area contributed by atoms with Crippen LogP contribution in [-0.4, -0.2) is 25.5 Å². The van der Waals surface area contributed by atoms with E-state index in [1.54, 1.807) is 0 Å². The molecule has 1 amide bonds. The Kier molecular flexibility index (Phi) is 5.12. The van der Waals surface area contributed by atoms with Crippen LogP contribution in [0, 0.1) is 12.8 Å². The highest BCUT2D eigenvalue weighted by molar-refractivity contribution is 5.79. The van der Waals surface area contributed by atoms with Crippen LogP contribution < -0.4 is 5.32 Å². The van der Waals surface area contributed by atoms with Gasteiger partial charge < -0.3 is 9.73 Å². The summed E-state index contributed by atoms with van der Waals surface area (Å²) in [6.45, 7) is 5.92. The zero-order valence-corrected chi connectivity index (χ0v) is 16.7. The Morgan fingerprint density at radius 2 is 1.86 bits per heavy atom. The van der Waals surface area contributed by atoms with Gasteiger partial charge in [0.25, 0.3) is 0 Å². The summed E-state index contributed by atoms with van der Waals surface area (Å²) in [5.41, 5.74) is 2.27. The Morgan fingerprint density at radius 1 is 1.10 bits per heavy atom. The average Bonchev–Trinajstić information content (AvgIpc) is 3.30. The van der Waals surface area contributed by atoms with E-state index in [1.807, 2.05) is 79.9 Å². The fourth-order valence-electron chi connectivity index (χ4n) is 3.27. The van der Waals surface area contributed by atoms with Crippen LogP contribution >= 0.6 is 0 Å². The number of carbonyl (C=O) groups is 1. The number of amides is 1. The Hall–Kier alpha value is -3.48. The second-order valence-electron chi connectivity index (χ2n) is 7.34. The van der Waals surface area contributed by atoms with Gasteiger partial charge in [0.2, 0.25) is 11.8 Å². The van der Waals surface area contributed by atoms with E-state index >= 15 is 0 Å². The summed E-state index contributed by atoms with van der Waals surface area (Å²) in [4.78, 5) is 17.3.